The number of hydrogen-bond acceptors (Lipinski definition) is 1. The zero-order valence-electron chi connectivity index (χ0n) is 4.85. The second-order valence-electron chi connectivity index (χ2n) is 1.57. The number of carboxylic acids is 1. The lowest BCUT2D eigenvalue weighted by molar-refractivity contribution is -0.132. The molecule has 1 atom stereocenters. The Bertz CT molecular complexity index is 155. The van der Waals surface area contributed by atoms with Crippen molar-refractivity contribution < 1.29 is 9.90 Å². The molecule has 58 valence electrons. The van der Waals surface area contributed by atoms with Crippen molar-refractivity contribution in [3.8, 4) is 0 Å². The maximum absolute atomic E-state index is 10.1. The smallest absolute Gasteiger partial charge is 0.332 e. The van der Waals surface area contributed by atoms with Gasteiger partial charge in [0.05, 0.1) is 11.0 Å². The van der Waals surface area contributed by atoms with Crippen LogP contribution < -0.4 is 0 Å². The van der Waals surface area contributed by atoms with Gasteiger partial charge in [-0.15, -0.1) is 34.8 Å². The summed E-state index contributed by atoms with van der Waals surface area (Å²) in [6.45, 7) is 3.18. The number of halogens is 3. The lowest BCUT2D eigenvalue weighted by Crippen LogP contribution is -2.17. The van der Waals surface area contributed by atoms with Gasteiger partial charge in [-0.2, -0.15) is 0 Å². The molecule has 0 saturated carbocycles. The summed E-state index contributed by atoms with van der Waals surface area (Å²) in [5, 5.41) is 7.37. The Morgan fingerprint density at radius 1 is 1.40 bits per heavy atom. The van der Waals surface area contributed by atoms with Crippen LogP contribution in [0.15, 0.2) is 12.2 Å². The fourth-order valence-electron chi connectivity index (χ4n) is 0.270. The zero-order chi connectivity index (χ0) is 8.31. The van der Waals surface area contributed by atoms with E-state index in [-0.39, 0.29) is 5.57 Å². The summed E-state index contributed by atoms with van der Waals surface area (Å²) >= 11 is 16.0. The Balaban J connectivity index is 4.08. The Morgan fingerprint density at radius 3 is 1.90 bits per heavy atom. The molecule has 0 aromatic rings. The predicted molar refractivity (Wildman–Crippen MR) is 41.9 cm³/mol. The van der Waals surface area contributed by atoms with E-state index in [1.54, 1.807) is 0 Å². The normalized spacial score (nSPS) is 13.2. The van der Waals surface area contributed by atoms with Gasteiger partial charge in [-0.05, 0) is 0 Å². The summed E-state index contributed by atoms with van der Waals surface area (Å²) in [7, 11) is 0. The molecule has 10 heavy (non-hydrogen) atoms. The van der Waals surface area contributed by atoms with Crippen LogP contribution in [0.2, 0.25) is 0 Å². The quantitative estimate of drug-likeness (QED) is 0.563. The average Bonchev–Trinajstić information content (AvgIpc) is 1.84. The first-order valence-electron chi connectivity index (χ1n) is 2.31. The van der Waals surface area contributed by atoms with Crippen LogP contribution in [0.1, 0.15) is 0 Å². The SMILES string of the molecule is C=C(C(=O)O)C(Cl)C(Cl)Cl. The molecule has 0 bridgehead atoms. The standard InChI is InChI=1S/C5H5Cl3O2/c1-2(5(9)10)3(6)4(7)8/h3-4H,1H2,(H,9,10). The Kier molecular flexibility index (Phi) is 4.09. The molecule has 0 spiro atoms. The van der Waals surface area contributed by atoms with Crippen molar-refractivity contribution in [3.05, 3.63) is 12.2 Å². The highest BCUT2D eigenvalue weighted by atomic mass is 35.5. The van der Waals surface area contributed by atoms with Gasteiger partial charge in [0.1, 0.15) is 4.84 Å². The molecule has 5 heteroatoms. The van der Waals surface area contributed by atoms with Gasteiger partial charge in [-0.1, -0.05) is 6.58 Å². The van der Waals surface area contributed by atoms with Crippen molar-refractivity contribution in [2.45, 2.75) is 10.2 Å². The highest BCUT2D eigenvalue weighted by molar-refractivity contribution is 6.49. The molecular weight excluding hydrogens is 198 g/mol. The molecule has 0 amide bonds. The molecule has 1 unspecified atom stereocenters. The second-order valence-corrected chi connectivity index (χ2v) is 3.20. The van der Waals surface area contributed by atoms with Crippen LogP contribution in [0.3, 0.4) is 0 Å². The Morgan fingerprint density at radius 2 is 1.80 bits per heavy atom. The largest absolute Gasteiger partial charge is 0.478 e. The van der Waals surface area contributed by atoms with Crippen LogP contribution >= 0.6 is 34.8 Å². The van der Waals surface area contributed by atoms with E-state index in [0.29, 0.717) is 0 Å². The van der Waals surface area contributed by atoms with E-state index in [2.05, 4.69) is 6.58 Å². The van der Waals surface area contributed by atoms with Gasteiger partial charge in [-0.3, -0.25) is 0 Å². The molecule has 0 heterocycles. The number of carbonyl (C=O) groups is 1. The van der Waals surface area contributed by atoms with E-state index in [0.717, 1.165) is 0 Å². The molecule has 0 aliphatic heterocycles. The van der Waals surface area contributed by atoms with Crippen LogP contribution in [-0.4, -0.2) is 21.3 Å². The molecule has 0 fully saturated rings. The third kappa shape index (κ3) is 2.78. The minimum atomic E-state index is -1.19. The lowest BCUT2D eigenvalue weighted by Gasteiger charge is -2.08. The number of rotatable bonds is 3. The molecule has 0 saturated heterocycles. The van der Waals surface area contributed by atoms with Gasteiger partial charge in [-0.25, -0.2) is 4.79 Å². The number of hydrogen-bond donors (Lipinski definition) is 1. The molecule has 0 aliphatic carbocycles. The van der Waals surface area contributed by atoms with Gasteiger partial charge in [0, 0.05) is 0 Å². The maximum atomic E-state index is 10.1. The minimum absolute atomic E-state index is 0.198. The zero-order valence-corrected chi connectivity index (χ0v) is 7.12. The first-order chi connectivity index (χ1) is 4.46. The summed E-state index contributed by atoms with van der Waals surface area (Å²) < 4.78 is 0. The number of alkyl halides is 3. The van der Waals surface area contributed by atoms with Crippen molar-refractivity contribution in [2.24, 2.45) is 0 Å². The predicted octanol–water partition coefficient (Wildman–Crippen LogP) is 2.04. The molecule has 1 N–H and O–H groups in total. The number of aliphatic carboxylic acids is 1. The van der Waals surface area contributed by atoms with E-state index < -0.39 is 16.2 Å². The second kappa shape index (κ2) is 4.06. The number of carboxylic acid groups (broad SMARTS) is 1. The van der Waals surface area contributed by atoms with E-state index in [1.165, 1.54) is 0 Å². The summed E-state index contributed by atoms with van der Waals surface area (Å²) in [4.78, 5) is 9.20. The van der Waals surface area contributed by atoms with E-state index in [4.69, 9.17) is 39.9 Å². The highest BCUT2D eigenvalue weighted by Gasteiger charge is 2.21. The van der Waals surface area contributed by atoms with Crippen LogP contribution in [0, 0.1) is 0 Å². The van der Waals surface area contributed by atoms with Crippen LogP contribution in [0.4, 0.5) is 0 Å². The Labute approximate surface area is 73.4 Å². The maximum Gasteiger partial charge on any atom is 0.332 e. The molecule has 0 aromatic carbocycles. The van der Waals surface area contributed by atoms with Gasteiger partial charge >= 0.3 is 5.97 Å². The van der Waals surface area contributed by atoms with Crippen molar-refractivity contribution in [2.75, 3.05) is 0 Å². The fourth-order valence-corrected chi connectivity index (χ4v) is 0.668. The first-order valence-corrected chi connectivity index (χ1v) is 3.62. The average molecular weight is 203 g/mol. The molecule has 0 radical (unpaired) electrons. The van der Waals surface area contributed by atoms with Gasteiger partial charge < -0.3 is 5.11 Å². The fraction of sp³-hybridized carbons (Fsp3) is 0.400. The first kappa shape index (κ1) is 10.1. The van der Waals surface area contributed by atoms with E-state index in [9.17, 15) is 4.79 Å². The molecule has 0 aliphatic rings. The Hall–Kier alpha value is 0.0800. The molecule has 0 rings (SSSR count). The van der Waals surface area contributed by atoms with Crippen molar-refractivity contribution in [1.82, 2.24) is 0 Å². The van der Waals surface area contributed by atoms with Crippen LogP contribution in [-0.2, 0) is 4.79 Å². The lowest BCUT2D eigenvalue weighted by atomic mass is 10.2. The topological polar surface area (TPSA) is 37.3 Å². The van der Waals surface area contributed by atoms with E-state index in [1.807, 2.05) is 0 Å². The molecule has 0 aromatic heterocycles. The van der Waals surface area contributed by atoms with Crippen LogP contribution in [0.5, 0.6) is 0 Å². The third-order valence-electron chi connectivity index (χ3n) is 0.829. The summed E-state index contributed by atoms with van der Waals surface area (Å²) in [5.74, 6) is -1.19. The monoisotopic (exact) mass is 202 g/mol. The van der Waals surface area contributed by atoms with Crippen molar-refractivity contribution in [3.63, 3.8) is 0 Å². The van der Waals surface area contributed by atoms with Gasteiger partial charge in [0.2, 0.25) is 0 Å². The molecular formula is C5H5Cl3O2. The van der Waals surface area contributed by atoms with Gasteiger partial charge in [0.15, 0.2) is 0 Å². The third-order valence-corrected chi connectivity index (χ3v) is 2.11. The highest BCUT2D eigenvalue weighted by Crippen LogP contribution is 2.20. The minimum Gasteiger partial charge on any atom is -0.478 e. The van der Waals surface area contributed by atoms with Crippen molar-refractivity contribution >= 4 is 40.8 Å². The molecule has 2 nitrogen and oxygen atoms in total. The van der Waals surface area contributed by atoms with Crippen LogP contribution in [0.25, 0.3) is 0 Å². The summed E-state index contributed by atoms with van der Waals surface area (Å²) in [6, 6.07) is 0. The summed E-state index contributed by atoms with van der Waals surface area (Å²) in [5.41, 5.74) is -0.198. The summed E-state index contributed by atoms with van der Waals surface area (Å²) in [6.07, 6.45) is 0. The van der Waals surface area contributed by atoms with Gasteiger partial charge in [0.25, 0.3) is 0 Å². The van der Waals surface area contributed by atoms with E-state index >= 15 is 0 Å². The van der Waals surface area contributed by atoms with Crippen molar-refractivity contribution in [1.29, 1.82) is 0 Å².